The van der Waals surface area contributed by atoms with E-state index >= 15 is 0 Å². The van der Waals surface area contributed by atoms with Crippen LogP contribution in [0.25, 0.3) is 0 Å². The van der Waals surface area contributed by atoms with E-state index in [9.17, 15) is 4.79 Å². The van der Waals surface area contributed by atoms with Crippen molar-refractivity contribution in [3.8, 4) is 17.2 Å². The van der Waals surface area contributed by atoms with Gasteiger partial charge < -0.3 is 19.7 Å². The Bertz CT molecular complexity index is 842. The highest BCUT2D eigenvalue weighted by Crippen LogP contribution is 2.33. The topological polar surface area (TPSA) is 54.0 Å². The number of benzene rings is 2. The average molecular weight is 432 g/mol. The van der Waals surface area contributed by atoms with Crippen molar-refractivity contribution in [1.29, 1.82) is 0 Å². The molecule has 2 saturated heterocycles. The monoisotopic (exact) mass is 431 g/mol. The molecule has 30 heavy (non-hydrogen) atoms. The van der Waals surface area contributed by atoms with Gasteiger partial charge in [0.25, 0.3) is 5.91 Å². The Morgan fingerprint density at radius 2 is 1.67 bits per heavy atom. The van der Waals surface area contributed by atoms with Crippen LogP contribution in [0.15, 0.2) is 48.5 Å². The van der Waals surface area contributed by atoms with Crippen LogP contribution < -0.4 is 14.8 Å². The average Bonchev–Trinajstić information content (AvgIpc) is 3.26. The fourth-order valence-electron chi connectivity index (χ4n) is 4.10. The summed E-state index contributed by atoms with van der Waals surface area (Å²) in [6, 6.07) is 15.5. The number of hydrogen-bond acceptors (Lipinski definition) is 5. The first-order valence-electron chi connectivity index (χ1n) is 10.5. The third-order valence-electron chi connectivity index (χ3n) is 5.60. The SMILES string of the molecule is CCOc1ccccc1Oc1ccccc1C(=O)N1CCC(N2CCNCC2)C1.Cl. The number of hydrogen-bond donors (Lipinski definition) is 1. The zero-order chi connectivity index (χ0) is 20.1. The molecule has 1 N–H and O–H groups in total. The molecule has 2 aromatic carbocycles. The van der Waals surface area contributed by atoms with Crippen LogP contribution in [-0.2, 0) is 0 Å². The standard InChI is InChI=1S/C23H29N3O3.ClH/c1-2-28-21-9-5-6-10-22(21)29-20-8-4-3-7-19(20)23(27)26-14-11-18(17-26)25-15-12-24-13-16-25;/h3-10,18,24H,2,11-17H2,1H3;1H. The van der Waals surface area contributed by atoms with E-state index in [4.69, 9.17) is 9.47 Å². The van der Waals surface area contributed by atoms with Gasteiger partial charge in [0.1, 0.15) is 5.75 Å². The Balaban J connectivity index is 0.00000256. The van der Waals surface area contributed by atoms with E-state index in [1.807, 2.05) is 60.4 Å². The number of carbonyl (C=O) groups is 1. The van der Waals surface area contributed by atoms with E-state index in [2.05, 4.69) is 10.2 Å². The highest BCUT2D eigenvalue weighted by Gasteiger charge is 2.32. The molecule has 2 aliphatic rings. The number of nitrogens with zero attached hydrogens (tertiary/aromatic N) is 2. The largest absolute Gasteiger partial charge is 0.490 e. The maximum atomic E-state index is 13.3. The molecule has 2 aromatic rings. The van der Waals surface area contributed by atoms with Crippen molar-refractivity contribution in [2.75, 3.05) is 45.9 Å². The Morgan fingerprint density at radius 3 is 2.40 bits per heavy atom. The normalized spacial score (nSPS) is 19.2. The minimum absolute atomic E-state index is 0. The summed E-state index contributed by atoms with van der Waals surface area (Å²) < 4.78 is 11.8. The smallest absolute Gasteiger partial charge is 0.257 e. The van der Waals surface area contributed by atoms with Gasteiger partial charge in [0, 0.05) is 45.3 Å². The van der Waals surface area contributed by atoms with E-state index in [0.717, 1.165) is 45.7 Å². The number of piperazine rings is 1. The minimum atomic E-state index is 0. The van der Waals surface area contributed by atoms with Crippen LogP contribution in [-0.4, -0.2) is 67.6 Å². The molecule has 0 bridgehead atoms. The lowest BCUT2D eigenvalue weighted by Crippen LogP contribution is -2.49. The van der Waals surface area contributed by atoms with E-state index in [1.165, 1.54) is 0 Å². The van der Waals surface area contributed by atoms with E-state index < -0.39 is 0 Å². The first kappa shape index (κ1) is 22.4. The molecule has 4 rings (SSSR count). The molecule has 1 unspecified atom stereocenters. The molecule has 0 aliphatic carbocycles. The number of amides is 1. The molecule has 6 nitrogen and oxygen atoms in total. The van der Waals surface area contributed by atoms with Gasteiger partial charge in [-0.2, -0.15) is 0 Å². The van der Waals surface area contributed by atoms with Crippen LogP contribution in [0.4, 0.5) is 0 Å². The van der Waals surface area contributed by atoms with Crippen LogP contribution in [0, 0.1) is 0 Å². The Hall–Kier alpha value is -2.28. The van der Waals surface area contributed by atoms with Crippen LogP contribution in [0.5, 0.6) is 17.2 Å². The number of likely N-dealkylation sites (tertiary alicyclic amines) is 1. The third kappa shape index (κ3) is 5.06. The van der Waals surface area contributed by atoms with E-state index in [1.54, 1.807) is 0 Å². The Kier molecular flexibility index (Phi) is 7.96. The number of nitrogens with one attached hydrogen (secondary N) is 1. The minimum Gasteiger partial charge on any atom is -0.490 e. The molecule has 0 aromatic heterocycles. The summed E-state index contributed by atoms with van der Waals surface area (Å²) in [4.78, 5) is 17.7. The summed E-state index contributed by atoms with van der Waals surface area (Å²) in [6.45, 7) is 8.24. The molecular formula is C23H30ClN3O3. The molecule has 0 saturated carbocycles. The van der Waals surface area contributed by atoms with Gasteiger partial charge in [0.05, 0.1) is 12.2 Å². The van der Waals surface area contributed by atoms with Crippen LogP contribution >= 0.6 is 12.4 Å². The number of rotatable bonds is 6. The van der Waals surface area contributed by atoms with Gasteiger partial charge in [-0.3, -0.25) is 9.69 Å². The van der Waals surface area contributed by atoms with E-state index in [-0.39, 0.29) is 18.3 Å². The molecule has 2 fully saturated rings. The first-order valence-corrected chi connectivity index (χ1v) is 10.5. The van der Waals surface area contributed by atoms with Gasteiger partial charge in [0.2, 0.25) is 0 Å². The number of ether oxygens (including phenoxy) is 2. The molecule has 2 heterocycles. The molecule has 162 valence electrons. The Labute approximate surface area is 184 Å². The number of carbonyl (C=O) groups excluding carboxylic acids is 1. The summed E-state index contributed by atoms with van der Waals surface area (Å²) in [7, 11) is 0. The zero-order valence-electron chi connectivity index (χ0n) is 17.4. The lowest BCUT2D eigenvalue weighted by Gasteiger charge is -2.32. The lowest BCUT2D eigenvalue weighted by atomic mass is 10.1. The quantitative estimate of drug-likeness (QED) is 0.759. The maximum Gasteiger partial charge on any atom is 0.257 e. The highest BCUT2D eigenvalue weighted by molar-refractivity contribution is 5.97. The summed E-state index contributed by atoms with van der Waals surface area (Å²) in [5, 5.41) is 3.39. The first-order chi connectivity index (χ1) is 14.3. The second-order valence-electron chi connectivity index (χ2n) is 7.46. The second kappa shape index (κ2) is 10.7. The van der Waals surface area contributed by atoms with E-state index in [0.29, 0.717) is 35.5 Å². The molecule has 1 amide bonds. The molecule has 7 heteroatoms. The summed E-state index contributed by atoms with van der Waals surface area (Å²) >= 11 is 0. The Morgan fingerprint density at radius 1 is 1.00 bits per heavy atom. The third-order valence-corrected chi connectivity index (χ3v) is 5.60. The molecule has 1 atom stereocenters. The second-order valence-corrected chi connectivity index (χ2v) is 7.46. The van der Waals surface area contributed by atoms with Crippen molar-refractivity contribution in [3.63, 3.8) is 0 Å². The van der Waals surface area contributed by atoms with Gasteiger partial charge in [-0.25, -0.2) is 0 Å². The van der Waals surface area contributed by atoms with Gasteiger partial charge in [-0.05, 0) is 37.6 Å². The fourth-order valence-corrected chi connectivity index (χ4v) is 4.10. The molecule has 0 spiro atoms. The molecule has 0 radical (unpaired) electrons. The zero-order valence-corrected chi connectivity index (χ0v) is 18.2. The predicted octanol–water partition coefficient (Wildman–Crippen LogP) is 3.42. The summed E-state index contributed by atoms with van der Waals surface area (Å²) in [5.41, 5.74) is 0.597. The van der Waals surface area contributed by atoms with Crippen molar-refractivity contribution in [2.24, 2.45) is 0 Å². The maximum absolute atomic E-state index is 13.3. The van der Waals surface area contributed by atoms with Gasteiger partial charge in [0.15, 0.2) is 11.5 Å². The van der Waals surface area contributed by atoms with Crippen molar-refractivity contribution in [2.45, 2.75) is 19.4 Å². The summed E-state index contributed by atoms with van der Waals surface area (Å²) in [6.07, 6.45) is 1.03. The van der Waals surface area contributed by atoms with Gasteiger partial charge in [-0.15, -0.1) is 12.4 Å². The predicted molar refractivity (Wildman–Crippen MR) is 120 cm³/mol. The molecular weight excluding hydrogens is 402 g/mol. The number of halogens is 1. The van der Waals surface area contributed by atoms with Crippen LogP contribution in [0.3, 0.4) is 0 Å². The van der Waals surface area contributed by atoms with Crippen molar-refractivity contribution >= 4 is 18.3 Å². The van der Waals surface area contributed by atoms with Crippen LogP contribution in [0.1, 0.15) is 23.7 Å². The van der Waals surface area contributed by atoms with Crippen molar-refractivity contribution in [3.05, 3.63) is 54.1 Å². The van der Waals surface area contributed by atoms with Gasteiger partial charge >= 0.3 is 0 Å². The van der Waals surface area contributed by atoms with Gasteiger partial charge in [-0.1, -0.05) is 24.3 Å². The van der Waals surface area contributed by atoms with Crippen LogP contribution in [0.2, 0.25) is 0 Å². The fraction of sp³-hybridized carbons (Fsp3) is 0.435. The number of para-hydroxylation sites is 3. The molecule has 2 aliphatic heterocycles. The van der Waals surface area contributed by atoms with Crippen molar-refractivity contribution < 1.29 is 14.3 Å². The van der Waals surface area contributed by atoms with Crippen molar-refractivity contribution in [1.82, 2.24) is 15.1 Å². The lowest BCUT2D eigenvalue weighted by molar-refractivity contribution is 0.0771. The highest BCUT2D eigenvalue weighted by atomic mass is 35.5. The summed E-state index contributed by atoms with van der Waals surface area (Å²) in [5.74, 6) is 1.90.